The fraction of sp³-hybridized carbons (Fsp3) is 0.304. The maximum atomic E-state index is 5.51. The van der Waals surface area contributed by atoms with Gasteiger partial charge in [-0.1, -0.05) is 30.3 Å². The number of para-hydroxylation sites is 3. The van der Waals surface area contributed by atoms with Crippen LogP contribution in [0.2, 0.25) is 0 Å². The van der Waals surface area contributed by atoms with E-state index >= 15 is 0 Å². The van der Waals surface area contributed by atoms with Crippen LogP contribution >= 0.6 is 0 Å². The molecule has 0 amide bonds. The molecule has 0 unspecified atom stereocenters. The van der Waals surface area contributed by atoms with Gasteiger partial charge in [0.05, 0.1) is 24.6 Å². The lowest BCUT2D eigenvalue weighted by Gasteiger charge is -2.30. The Hall–Kier alpha value is -3.12. The van der Waals surface area contributed by atoms with E-state index in [1.807, 2.05) is 13.0 Å². The molecule has 1 N–H and O–H groups in total. The molecule has 3 aromatic rings. The van der Waals surface area contributed by atoms with Crippen molar-refractivity contribution in [2.24, 2.45) is 0 Å². The van der Waals surface area contributed by atoms with Gasteiger partial charge in [0.25, 0.3) is 0 Å². The monoisotopic (exact) mass is 387 g/mol. The second kappa shape index (κ2) is 7.72. The molecular formula is C23H25N5O. The van der Waals surface area contributed by atoms with Crippen molar-refractivity contribution in [2.45, 2.75) is 13.3 Å². The molecule has 6 heteroatoms. The van der Waals surface area contributed by atoms with Gasteiger partial charge in [-0.15, -0.1) is 0 Å². The van der Waals surface area contributed by atoms with Gasteiger partial charge in [0.15, 0.2) is 0 Å². The Kier molecular flexibility index (Phi) is 4.77. The summed E-state index contributed by atoms with van der Waals surface area (Å²) in [5, 5.41) is 3.54. The fourth-order valence-electron chi connectivity index (χ4n) is 4.08. The van der Waals surface area contributed by atoms with Gasteiger partial charge < -0.3 is 19.9 Å². The number of hydrogen-bond donors (Lipinski definition) is 1. The van der Waals surface area contributed by atoms with E-state index < -0.39 is 0 Å². The quantitative estimate of drug-likeness (QED) is 0.729. The minimum absolute atomic E-state index is 0.751. The van der Waals surface area contributed by atoms with Gasteiger partial charge in [-0.2, -0.15) is 4.98 Å². The molecule has 0 atom stereocenters. The molecule has 1 aromatic heterocycles. The van der Waals surface area contributed by atoms with Crippen molar-refractivity contribution < 1.29 is 4.74 Å². The van der Waals surface area contributed by atoms with E-state index in [-0.39, 0.29) is 0 Å². The minimum atomic E-state index is 0.751. The van der Waals surface area contributed by atoms with Gasteiger partial charge in [0.2, 0.25) is 5.95 Å². The molecule has 2 aliphatic rings. The average molecular weight is 387 g/mol. The highest BCUT2D eigenvalue weighted by molar-refractivity contribution is 5.75. The molecule has 0 aliphatic carbocycles. The summed E-state index contributed by atoms with van der Waals surface area (Å²) >= 11 is 0. The number of anilines is 5. The lowest BCUT2D eigenvalue weighted by atomic mass is 10.2. The lowest BCUT2D eigenvalue weighted by molar-refractivity contribution is 0.123. The van der Waals surface area contributed by atoms with Gasteiger partial charge in [-0.05, 0) is 37.1 Å². The highest BCUT2D eigenvalue weighted by Crippen LogP contribution is 2.34. The van der Waals surface area contributed by atoms with Gasteiger partial charge in [-0.25, -0.2) is 4.98 Å². The zero-order valence-corrected chi connectivity index (χ0v) is 16.6. The third-order valence-electron chi connectivity index (χ3n) is 5.49. The highest BCUT2D eigenvalue weighted by atomic mass is 16.5. The summed E-state index contributed by atoms with van der Waals surface area (Å²) in [5.41, 5.74) is 5.74. The molecule has 0 spiro atoms. The lowest BCUT2D eigenvalue weighted by Crippen LogP contribution is -2.36. The van der Waals surface area contributed by atoms with E-state index in [9.17, 15) is 0 Å². The van der Waals surface area contributed by atoms with Crippen molar-refractivity contribution in [3.63, 3.8) is 0 Å². The Morgan fingerprint density at radius 1 is 0.897 bits per heavy atom. The summed E-state index contributed by atoms with van der Waals surface area (Å²) in [6, 6.07) is 18.9. The molecule has 148 valence electrons. The highest BCUT2D eigenvalue weighted by Gasteiger charge is 2.23. The minimum Gasteiger partial charge on any atom is -0.378 e. The molecule has 2 aromatic carbocycles. The van der Waals surface area contributed by atoms with E-state index in [4.69, 9.17) is 14.7 Å². The topological polar surface area (TPSA) is 53.5 Å². The first-order valence-corrected chi connectivity index (χ1v) is 10.2. The van der Waals surface area contributed by atoms with Gasteiger partial charge in [-0.3, -0.25) is 0 Å². The summed E-state index contributed by atoms with van der Waals surface area (Å²) in [5.74, 6) is 1.57. The van der Waals surface area contributed by atoms with E-state index in [0.717, 1.165) is 62.4 Å². The van der Waals surface area contributed by atoms with Crippen molar-refractivity contribution >= 4 is 28.8 Å². The van der Waals surface area contributed by atoms with Gasteiger partial charge >= 0.3 is 0 Å². The van der Waals surface area contributed by atoms with Crippen molar-refractivity contribution in [1.82, 2.24) is 9.97 Å². The molecular weight excluding hydrogens is 362 g/mol. The second-order valence-corrected chi connectivity index (χ2v) is 7.47. The standard InChI is InChI=1S/C23H25N5O/c1-17-16-22(25-19-7-3-5-9-21(19)27-12-14-29-15-13-27)26-23(24-17)28-11-10-18-6-2-4-8-20(18)28/h2-9,16H,10-15H2,1H3,(H,24,25,26). The molecule has 0 bridgehead atoms. The number of aromatic nitrogens is 2. The predicted octanol–water partition coefficient (Wildman–Crippen LogP) is 4.06. The van der Waals surface area contributed by atoms with E-state index in [0.29, 0.717) is 0 Å². The third kappa shape index (κ3) is 3.63. The summed E-state index contributed by atoms with van der Waals surface area (Å²) < 4.78 is 5.51. The summed E-state index contributed by atoms with van der Waals surface area (Å²) in [4.78, 5) is 14.1. The molecule has 0 saturated carbocycles. The fourth-order valence-corrected chi connectivity index (χ4v) is 4.08. The SMILES string of the molecule is Cc1cc(Nc2ccccc2N2CCOCC2)nc(N2CCc3ccccc32)n1. The van der Waals surface area contributed by atoms with Crippen molar-refractivity contribution in [2.75, 3.05) is 48.0 Å². The number of morpholine rings is 1. The first-order chi connectivity index (χ1) is 14.3. The molecule has 1 fully saturated rings. The first kappa shape index (κ1) is 17.9. The van der Waals surface area contributed by atoms with Crippen LogP contribution < -0.4 is 15.1 Å². The maximum Gasteiger partial charge on any atom is 0.232 e. The van der Waals surface area contributed by atoms with Crippen LogP contribution in [0.5, 0.6) is 0 Å². The van der Waals surface area contributed by atoms with Crippen molar-refractivity contribution in [3.05, 3.63) is 65.9 Å². The summed E-state index contributed by atoms with van der Waals surface area (Å²) in [6.07, 6.45) is 1.02. The summed E-state index contributed by atoms with van der Waals surface area (Å²) in [7, 11) is 0. The number of benzene rings is 2. The van der Waals surface area contributed by atoms with Crippen LogP contribution in [0.25, 0.3) is 0 Å². The Morgan fingerprint density at radius 2 is 1.66 bits per heavy atom. The largest absolute Gasteiger partial charge is 0.378 e. The smallest absolute Gasteiger partial charge is 0.232 e. The number of fused-ring (bicyclic) bond motifs is 1. The maximum absolute atomic E-state index is 5.51. The Balaban J connectivity index is 1.45. The van der Waals surface area contributed by atoms with E-state index in [2.05, 4.69) is 63.6 Å². The summed E-state index contributed by atoms with van der Waals surface area (Å²) in [6.45, 7) is 6.26. The number of aryl methyl sites for hydroxylation is 1. The Morgan fingerprint density at radius 3 is 2.52 bits per heavy atom. The number of nitrogens with zero attached hydrogens (tertiary/aromatic N) is 4. The van der Waals surface area contributed by atoms with Crippen LogP contribution in [0.15, 0.2) is 54.6 Å². The first-order valence-electron chi connectivity index (χ1n) is 10.2. The number of rotatable bonds is 4. The zero-order chi connectivity index (χ0) is 19.6. The second-order valence-electron chi connectivity index (χ2n) is 7.47. The van der Waals surface area contributed by atoms with Crippen LogP contribution in [-0.2, 0) is 11.2 Å². The number of ether oxygens (including phenoxy) is 1. The molecule has 2 aliphatic heterocycles. The molecule has 6 nitrogen and oxygen atoms in total. The van der Waals surface area contributed by atoms with Gasteiger partial charge in [0.1, 0.15) is 5.82 Å². The number of nitrogens with one attached hydrogen (secondary N) is 1. The number of hydrogen-bond acceptors (Lipinski definition) is 6. The van der Waals surface area contributed by atoms with E-state index in [1.165, 1.54) is 16.9 Å². The van der Waals surface area contributed by atoms with E-state index in [1.54, 1.807) is 0 Å². The van der Waals surface area contributed by atoms with Crippen molar-refractivity contribution in [3.8, 4) is 0 Å². The molecule has 0 radical (unpaired) electrons. The van der Waals surface area contributed by atoms with Crippen LogP contribution in [0.3, 0.4) is 0 Å². The predicted molar refractivity (Wildman–Crippen MR) is 117 cm³/mol. The van der Waals surface area contributed by atoms with Gasteiger partial charge in [0, 0.05) is 37.1 Å². The normalized spacial score (nSPS) is 16.0. The zero-order valence-electron chi connectivity index (χ0n) is 16.6. The van der Waals surface area contributed by atoms with Crippen LogP contribution in [0.1, 0.15) is 11.3 Å². The molecule has 3 heterocycles. The molecule has 29 heavy (non-hydrogen) atoms. The van der Waals surface area contributed by atoms with Crippen LogP contribution in [0, 0.1) is 6.92 Å². The average Bonchev–Trinajstić information content (AvgIpc) is 3.19. The van der Waals surface area contributed by atoms with Crippen molar-refractivity contribution in [1.29, 1.82) is 0 Å². The Bertz CT molecular complexity index is 1020. The Labute approximate surface area is 171 Å². The third-order valence-corrected chi connectivity index (χ3v) is 5.49. The molecule has 1 saturated heterocycles. The molecule has 5 rings (SSSR count). The van der Waals surface area contributed by atoms with Crippen LogP contribution in [-0.4, -0.2) is 42.8 Å². The van der Waals surface area contributed by atoms with Crippen LogP contribution in [0.4, 0.5) is 28.8 Å².